The van der Waals surface area contributed by atoms with E-state index in [9.17, 15) is 4.79 Å². The van der Waals surface area contributed by atoms with Crippen LogP contribution in [-0.2, 0) is 6.54 Å². The first kappa shape index (κ1) is 18.4. The fourth-order valence-corrected chi connectivity index (χ4v) is 4.54. The van der Waals surface area contributed by atoms with Crippen LogP contribution in [0.25, 0.3) is 0 Å². The average molecular weight is 430 g/mol. The van der Waals surface area contributed by atoms with Gasteiger partial charge < -0.3 is 15.0 Å². The lowest BCUT2D eigenvalue weighted by molar-refractivity contribution is 0.0692. The number of nitrogens with one attached hydrogen (secondary N) is 1. The Morgan fingerprint density at radius 2 is 2.19 bits per heavy atom. The van der Waals surface area contributed by atoms with Crippen LogP contribution < -0.4 is 10.1 Å². The minimum absolute atomic E-state index is 0.182. The highest BCUT2D eigenvalue weighted by atomic mass is 79.9. The molecule has 1 aliphatic carbocycles. The Hall–Kier alpha value is -1.92. The second-order valence-corrected chi connectivity index (χ2v) is 8.46. The summed E-state index contributed by atoms with van der Waals surface area (Å²) in [5.74, 6) is 1.31. The monoisotopic (exact) mass is 429 g/mol. The first-order chi connectivity index (χ1) is 13.0. The van der Waals surface area contributed by atoms with Crippen LogP contribution >= 0.6 is 15.9 Å². The SMILES string of the molecule is C[C@@H]1C2C[C@H](C[C@@H]2Oc2cccc(CNC(=O)c3ccc(Br)cn3)c2)N1C. The zero-order valence-electron chi connectivity index (χ0n) is 15.6. The molecule has 4 atom stereocenters. The first-order valence-electron chi connectivity index (χ1n) is 9.38. The number of piperidine rings is 1. The van der Waals surface area contributed by atoms with E-state index in [1.807, 2.05) is 30.3 Å². The van der Waals surface area contributed by atoms with Crippen molar-refractivity contribution < 1.29 is 9.53 Å². The van der Waals surface area contributed by atoms with Gasteiger partial charge in [0.2, 0.25) is 0 Å². The third-order valence-electron chi connectivity index (χ3n) is 5.96. The number of hydrogen-bond donors (Lipinski definition) is 1. The molecule has 142 valence electrons. The van der Waals surface area contributed by atoms with Crippen molar-refractivity contribution in [1.29, 1.82) is 0 Å². The lowest BCUT2D eigenvalue weighted by Crippen LogP contribution is -2.43. The van der Waals surface area contributed by atoms with E-state index in [4.69, 9.17) is 4.74 Å². The van der Waals surface area contributed by atoms with E-state index < -0.39 is 0 Å². The lowest BCUT2D eigenvalue weighted by atomic mass is 9.97. The summed E-state index contributed by atoms with van der Waals surface area (Å²) in [7, 11) is 2.22. The molecule has 27 heavy (non-hydrogen) atoms. The van der Waals surface area contributed by atoms with Crippen LogP contribution in [0.4, 0.5) is 0 Å². The quantitative estimate of drug-likeness (QED) is 0.787. The number of pyridine rings is 1. The highest BCUT2D eigenvalue weighted by molar-refractivity contribution is 9.10. The zero-order valence-corrected chi connectivity index (χ0v) is 17.1. The summed E-state index contributed by atoms with van der Waals surface area (Å²) in [4.78, 5) is 18.8. The molecule has 0 spiro atoms. The van der Waals surface area contributed by atoms with Gasteiger partial charge in [0.25, 0.3) is 5.91 Å². The molecule has 1 N–H and O–H groups in total. The average Bonchev–Trinajstić information content (AvgIpc) is 3.20. The summed E-state index contributed by atoms with van der Waals surface area (Å²) in [5, 5.41) is 2.92. The maximum Gasteiger partial charge on any atom is 0.270 e. The second-order valence-electron chi connectivity index (χ2n) is 7.54. The van der Waals surface area contributed by atoms with Crippen molar-refractivity contribution in [1.82, 2.24) is 15.2 Å². The number of likely N-dealkylation sites (tertiary alicyclic amines) is 1. The van der Waals surface area contributed by atoms with Crippen molar-refractivity contribution >= 4 is 21.8 Å². The Labute approximate surface area is 168 Å². The second kappa shape index (κ2) is 7.60. The normalized spacial score (nSPS) is 26.9. The van der Waals surface area contributed by atoms with E-state index in [0.29, 0.717) is 30.2 Å². The third-order valence-corrected chi connectivity index (χ3v) is 6.43. The molecule has 2 fully saturated rings. The Kier molecular flexibility index (Phi) is 5.19. The number of carbonyl (C=O) groups excluding carboxylic acids is 1. The molecule has 0 radical (unpaired) electrons. The number of benzene rings is 1. The molecule has 1 aromatic carbocycles. The number of nitrogens with zero attached hydrogens (tertiary/aromatic N) is 2. The van der Waals surface area contributed by atoms with E-state index >= 15 is 0 Å². The maximum absolute atomic E-state index is 12.2. The molecule has 1 aromatic heterocycles. The smallest absolute Gasteiger partial charge is 0.270 e. The summed E-state index contributed by atoms with van der Waals surface area (Å²) in [6.07, 6.45) is 4.25. The van der Waals surface area contributed by atoms with E-state index in [1.165, 1.54) is 6.42 Å². The van der Waals surface area contributed by atoms with Gasteiger partial charge in [-0.1, -0.05) is 12.1 Å². The number of ether oxygens (including phenoxy) is 1. The van der Waals surface area contributed by atoms with Crippen molar-refractivity contribution in [2.75, 3.05) is 7.05 Å². The number of halogens is 1. The largest absolute Gasteiger partial charge is 0.490 e. The van der Waals surface area contributed by atoms with E-state index in [1.54, 1.807) is 12.3 Å². The summed E-state index contributed by atoms with van der Waals surface area (Å²) >= 11 is 3.32. The first-order valence-corrected chi connectivity index (χ1v) is 10.2. The third kappa shape index (κ3) is 3.87. The minimum atomic E-state index is -0.182. The molecule has 2 aliphatic rings. The van der Waals surface area contributed by atoms with Crippen LogP contribution in [-0.4, -0.2) is 41.0 Å². The molecule has 5 nitrogen and oxygen atoms in total. The molecule has 1 aliphatic heterocycles. The van der Waals surface area contributed by atoms with Crippen molar-refractivity contribution in [2.45, 2.75) is 44.5 Å². The molecule has 6 heteroatoms. The number of hydrogen-bond acceptors (Lipinski definition) is 4. The molecule has 4 rings (SSSR count). The van der Waals surface area contributed by atoms with Crippen LogP contribution in [0.2, 0.25) is 0 Å². The van der Waals surface area contributed by atoms with Crippen molar-refractivity contribution in [3.63, 3.8) is 0 Å². The molecular weight excluding hydrogens is 406 g/mol. The van der Waals surface area contributed by atoms with E-state index in [0.717, 1.165) is 22.2 Å². The Balaban J connectivity index is 1.35. The number of carbonyl (C=O) groups is 1. The van der Waals surface area contributed by atoms with E-state index in [2.05, 4.69) is 45.1 Å². The molecule has 1 saturated carbocycles. The van der Waals surface area contributed by atoms with Crippen molar-refractivity contribution in [3.8, 4) is 5.75 Å². The van der Waals surface area contributed by atoms with Crippen LogP contribution in [0.1, 0.15) is 35.8 Å². The van der Waals surface area contributed by atoms with Gasteiger partial charge in [-0.15, -0.1) is 0 Å². The van der Waals surface area contributed by atoms with Crippen molar-refractivity contribution in [3.05, 3.63) is 58.3 Å². The molecule has 1 saturated heterocycles. The molecule has 1 unspecified atom stereocenters. The summed E-state index contributed by atoms with van der Waals surface area (Å²) < 4.78 is 7.17. The van der Waals surface area contributed by atoms with E-state index in [-0.39, 0.29) is 12.0 Å². The highest BCUT2D eigenvalue weighted by Crippen LogP contribution is 2.43. The Bertz CT molecular complexity index is 824. The van der Waals surface area contributed by atoms with Gasteiger partial charge in [-0.05, 0) is 66.2 Å². The summed E-state index contributed by atoms with van der Waals surface area (Å²) in [6, 6.07) is 12.7. The van der Waals surface area contributed by atoms with Crippen LogP contribution in [0.5, 0.6) is 5.75 Å². The standard InChI is InChI=1S/C21H24BrN3O2/c1-13-18-9-16(25(13)2)10-20(18)27-17-5-3-4-14(8-17)11-24-21(26)19-7-6-15(22)12-23-19/h3-8,12-13,16,18,20H,9-11H2,1-2H3,(H,24,26)/t13-,16-,18?,20+/m1/s1. The number of fused-ring (bicyclic) bond motifs is 2. The lowest BCUT2D eigenvalue weighted by Gasteiger charge is -2.34. The maximum atomic E-state index is 12.2. The highest BCUT2D eigenvalue weighted by Gasteiger charge is 2.48. The fraction of sp³-hybridized carbons (Fsp3) is 0.429. The predicted molar refractivity (Wildman–Crippen MR) is 108 cm³/mol. The molecule has 2 aromatic rings. The Morgan fingerprint density at radius 3 is 2.89 bits per heavy atom. The minimum Gasteiger partial charge on any atom is -0.490 e. The topological polar surface area (TPSA) is 54.5 Å². The van der Waals surface area contributed by atoms with Crippen LogP contribution in [0, 0.1) is 5.92 Å². The fourth-order valence-electron chi connectivity index (χ4n) is 4.30. The van der Waals surface area contributed by atoms with Gasteiger partial charge in [0.1, 0.15) is 17.5 Å². The van der Waals surface area contributed by atoms with Gasteiger partial charge in [0.15, 0.2) is 0 Å². The molecule has 2 heterocycles. The molecule has 1 amide bonds. The van der Waals surface area contributed by atoms with Crippen molar-refractivity contribution in [2.24, 2.45) is 5.92 Å². The number of rotatable bonds is 5. The number of aromatic nitrogens is 1. The predicted octanol–water partition coefficient (Wildman–Crippen LogP) is 3.63. The van der Waals surface area contributed by atoms with Crippen LogP contribution in [0.15, 0.2) is 47.1 Å². The van der Waals surface area contributed by atoms with Gasteiger partial charge in [-0.3, -0.25) is 4.79 Å². The van der Waals surface area contributed by atoms with Crippen LogP contribution in [0.3, 0.4) is 0 Å². The Morgan fingerprint density at radius 1 is 1.33 bits per heavy atom. The van der Waals surface area contributed by atoms with Gasteiger partial charge >= 0.3 is 0 Å². The molecular formula is C21H24BrN3O2. The van der Waals surface area contributed by atoms with Gasteiger partial charge in [-0.25, -0.2) is 4.98 Å². The van der Waals surface area contributed by atoms with Gasteiger partial charge in [-0.2, -0.15) is 0 Å². The molecule has 2 bridgehead atoms. The summed E-state index contributed by atoms with van der Waals surface area (Å²) in [5.41, 5.74) is 1.43. The number of amides is 1. The summed E-state index contributed by atoms with van der Waals surface area (Å²) in [6.45, 7) is 2.74. The zero-order chi connectivity index (χ0) is 19.0. The van der Waals surface area contributed by atoms with Gasteiger partial charge in [0, 0.05) is 41.6 Å². The van der Waals surface area contributed by atoms with Gasteiger partial charge in [0.05, 0.1) is 0 Å².